The van der Waals surface area contributed by atoms with Crippen LogP contribution in [0.4, 0.5) is 5.69 Å². The van der Waals surface area contributed by atoms with Gasteiger partial charge in [-0.2, -0.15) is 0 Å². The molecule has 2 heteroatoms. The Hall–Kier alpha value is -1.96. The molecule has 82 valence electrons. The molecule has 2 aromatic carbocycles. The van der Waals surface area contributed by atoms with Gasteiger partial charge in [0.25, 0.3) is 0 Å². The highest BCUT2D eigenvalue weighted by molar-refractivity contribution is 5.58. The molecule has 16 heavy (non-hydrogen) atoms. The van der Waals surface area contributed by atoms with E-state index in [0.717, 1.165) is 12.0 Å². The molecule has 0 aliphatic rings. The summed E-state index contributed by atoms with van der Waals surface area (Å²) in [6, 6.07) is 13.7. The van der Waals surface area contributed by atoms with Crippen LogP contribution in [0.25, 0.3) is 0 Å². The molecule has 0 spiro atoms. The van der Waals surface area contributed by atoms with Gasteiger partial charge < -0.3 is 10.8 Å². The van der Waals surface area contributed by atoms with Gasteiger partial charge in [0.2, 0.25) is 0 Å². The van der Waals surface area contributed by atoms with Gasteiger partial charge in [-0.3, -0.25) is 0 Å². The van der Waals surface area contributed by atoms with Crippen LogP contribution >= 0.6 is 0 Å². The van der Waals surface area contributed by atoms with Crippen LogP contribution in [0.2, 0.25) is 0 Å². The number of phenolic OH excluding ortho intramolecular Hbond substituents is 1. The van der Waals surface area contributed by atoms with Crippen LogP contribution in [0, 0.1) is 6.92 Å². The van der Waals surface area contributed by atoms with Crippen LogP contribution in [0.1, 0.15) is 16.7 Å². The molecule has 0 saturated carbocycles. The third-order valence-electron chi connectivity index (χ3n) is 2.69. The van der Waals surface area contributed by atoms with Crippen molar-refractivity contribution < 1.29 is 5.11 Å². The van der Waals surface area contributed by atoms with Crippen LogP contribution in [-0.4, -0.2) is 5.11 Å². The van der Waals surface area contributed by atoms with Gasteiger partial charge in [0.15, 0.2) is 0 Å². The van der Waals surface area contributed by atoms with E-state index in [4.69, 9.17) is 5.73 Å². The lowest BCUT2D eigenvalue weighted by Gasteiger charge is -2.07. The molecule has 0 radical (unpaired) electrons. The lowest BCUT2D eigenvalue weighted by atomic mass is 10.0. The van der Waals surface area contributed by atoms with E-state index in [1.807, 2.05) is 12.1 Å². The third kappa shape index (κ3) is 2.16. The Morgan fingerprint density at radius 1 is 1.06 bits per heavy atom. The predicted octanol–water partition coefficient (Wildman–Crippen LogP) is 2.87. The summed E-state index contributed by atoms with van der Waals surface area (Å²) in [5.74, 6) is 0.157. The quantitative estimate of drug-likeness (QED) is 0.595. The number of anilines is 1. The van der Waals surface area contributed by atoms with Gasteiger partial charge in [0.05, 0.1) is 5.69 Å². The molecule has 3 N–H and O–H groups in total. The van der Waals surface area contributed by atoms with Crippen molar-refractivity contribution in [3.63, 3.8) is 0 Å². The number of phenols is 1. The molecule has 0 aliphatic heterocycles. The van der Waals surface area contributed by atoms with Gasteiger partial charge in [-0.25, -0.2) is 0 Å². The second-order valence-electron chi connectivity index (χ2n) is 4.01. The summed E-state index contributed by atoms with van der Waals surface area (Å²) in [5.41, 5.74) is 9.69. The first-order valence-electron chi connectivity index (χ1n) is 5.28. The predicted molar refractivity (Wildman–Crippen MR) is 66.5 cm³/mol. The Labute approximate surface area is 95.4 Å². The molecule has 2 aromatic rings. The first-order chi connectivity index (χ1) is 7.66. The molecule has 0 amide bonds. The van der Waals surface area contributed by atoms with Crippen LogP contribution in [0.15, 0.2) is 42.5 Å². The summed E-state index contributed by atoms with van der Waals surface area (Å²) < 4.78 is 0. The van der Waals surface area contributed by atoms with Gasteiger partial charge >= 0.3 is 0 Å². The minimum absolute atomic E-state index is 0.157. The summed E-state index contributed by atoms with van der Waals surface area (Å²) in [5, 5.41) is 9.50. The number of rotatable bonds is 2. The fourth-order valence-corrected chi connectivity index (χ4v) is 1.68. The molecule has 0 atom stereocenters. The summed E-state index contributed by atoms with van der Waals surface area (Å²) in [6.07, 6.45) is 0.751. The summed E-state index contributed by atoms with van der Waals surface area (Å²) in [6.45, 7) is 2.06. The number of hydrogen-bond donors (Lipinski definition) is 2. The number of aryl methyl sites for hydroxylation is 1. The molecule has 0 aromatic heterocycles. The zero-order chi connectivity index (χ0) is 11.5. The molecule has 0 unspecified atom stereocenters. The van der Waals surface area contributed by atoms with Crippen molar-refractivity contribution in [1.82, 2.24) is 0 Å². The fourth-order valence-electron chi connectivity index (χ4n) is 1.68. The molecule has 0 bridgehead atoms. The van der Waals surface area contributed by atoms with E-state index in [1.54, 1.807) is 6.07 Å². The van der Waals surface area contributed by atoms with E-state index in [1.165, 1.54) is 11.1 Å². The first-order valence-corrected chi connectivity index (χ1v) is 5.28. The number of benzene rings is 2. The Kier molecular flexibility index (Phi) is 2.82. The Bertz CT molecular complexity index is 489. The highest BCUT2D eigenvalue weighted by Crippen LogP contribution is 2.25. The summed E-state index contributed by atoms with van der Waals surface area (Å²) in [7, 11) is 0. The zero-order valence-corrected chi connectivity index (χ0v) is 9.27. The van der Waals surface area contributed by atoms with Crippen molar-refractivity contribution in [2.45, 2.75) is 13.3 Å². The van der Waals surface area contributed by atoms with Crippen LogP contribution in [0.3, 0.4) is 0 Å². The van der Waals surface area contributed by atoms with Crippen LogP contribution in [-0.2, 0) is 6.42 Å². The fraction of sp³-hybridized carbons (Fsp3) is 0.143. The normalized spacial score (nSPS) is 10.3. The monoisotopic (exact) mass is 213 g/mol. The molecule has 0 heterocycles. The van der Waals surface area contributed by atoms with Crippen molar-refractivity contribution in [1.29, 1.82) is 0 Å². The molecular weight excluding hydrogens is 198 g/mol. The zero-order valence-electron chi connectivity index (χ0n) is 9.27. The van der Waals surface area contributed by atoms with E-state index < -0.39 is 0 Å². The second-order valence-corrected chi connectivity index (χ2v) is 4.01. The SMILES string of the molecule is Cc1ccc(Cc2cccc(O)c2N)cc1. The molecule has 2 rings (SSSR count). The number of para-hydroxylation sites is 1. The van der Waals surface area contributed by atoms with Gasteiger partial charge in [-0.05, 0) is 30.5 Å². The molecule has 0 fully saturated rings. The Balaban J connectivity index is 2.27. The van der Waals surface area contributed by atoms with Gasteiger partial charge in [-0.15, -0.1) is 0 Å². The van der Waals surface area contributed by atoms with E-state index in [2.05, 4.69) is 31.2 Å². The minimum atomic E-state index is 0.157. The van der Waals surface area contributed by atoms with Gasteiger partial charge in [0.1, 0.15) is 5.75 Å². The van der Waals surface area contributed by atoms with E-state index in [-0.39, 0.29) is 5.75 Å². The van der Waals surface area contributed by atoms with Crippen LogP contribution in [0.5, 0.6) is 5.75 Å². The number of hydrogen-bond acceptors (Lipinski definition) is 2. The van der Waals surface area contributed by atoms with Crippen molar-refractivity contribution in [2.24, 2.45) is 0 Å². The van der Waals surface area contributed by atoms with Crippen molar-refractivity contribution in [2.75, 3.05) is 5.73 Å². The maximum Gasteiger partial charge on any atom is 0.138 e. The van der Waals surface area contributed by atoms with E-state index >= 15 is 0 Å². The average Bonchev–Trinajstić information content (AvgIpc) is 2.28. The summed E-state index contributed by atoms with van der Waals surface area (Å²) in [4.78, 5) is 0. The van der Waals surface area contributed by atoms with Crippen molar-refractivity contribution in [3.05, 3.63) is 59.2 Å². The lowest BCUT2D eigenvalue weighted by Crippen LogP contribution is -1.96. The topological polar surface area (TPSA) is 46.2 Å². The number of nitrogens with two attached hydrogens (primary N) is 1. The van der Waals surface area contributed by atoms with E-state index in [0.29, 0.717) is 5.69 Å². The first kappa shape index (κ1) is 10.6. The molecule has 0 aliphatic carbocycles. The van der Waals surface area contributed by atoms with Gasteiger partial charge in [0, 0.05) is 0 Å². The van der Waals surface area contributed by atoms with Crippen LogP contribution < -0.4 is 5.73 Å². The van der Waals surface area contributed by atoms with Crippen molar-refractivity contribution in [3.8, 4) is 5.75 Å². The highest BCUT2D eigenvalue weighted by Gasteiger charge is 2.04. The number of aromatic hydroxyl groups is 1. The minimum Gasteiger partial charge on any atom is -0.506 e. The lowest BCUT2D eigenvalue weighted by molar-refractivity contribution is 0.477. The standard InChI is InChI=1S/C14H15NO/c1-10-5-7-11(8-6-10)9-12-3-2-4-13(16)14(12)15/h2-8,16H,9,15H2,1H3. The van der Waals surface area contributed by atoms with Crippen molar-refractivity contribution >= 4 is 5.69 Å². The largest absolute Gasteiger partial charge is 0.506 e. The highest BCUT2D eigenvalue weighted by atomic mass is 16.3. The molecule has 0 saturated heterocycles. The average molecular weight is 213 g/mol. The maximum atomic E-state index is 9.50. The molecular formula is C14H15NO. The Morgan fingerprint density at radius 2 is 1.75 bits per heavy atom. The van der Waals surface area contributed by atoms with Gasteiger partial charge in [-0.1, -0.05) is 42.0 Å². The molecule has 2 nitrogen and oxygen atoms in total. The smallest absolute Gasteiger partial charge is 0.138 e. The Morgan fingerprint density at radius 3 is 2.44 bits per heavy atom. The van der Waals surface area contributed by atoms with E-state index in [9.17, 15) is 5.11 Å². The second kappa shape index (κ2) is 4.27. The summed E-state index contributed by atoms with van der Waals surface area (Å²) >= 11 is 0. The maximum absolute atomic E-state index is 9.50. The third-order valence-corrected chi connectivity index (χ3v) is 2.69. The number of nitrogen functional groups attached to an aromatic ring is 1.